The number of hydrogen-bond donors (Lipinski definition) is 3. The predicted molar refractivity (Wildman–Crippen MR) is 89.0 cm³/mol. The van der Waals surface area contributed by atoms with Gasteiger partial charge in [-0.2, -0.15) is 0 Å². The Bertz CT molecular complexity index is 925. The molecule has 1 atom stereocenters. The van der Waals surface area contributed by atoms with Crippen LogP contribution in [-0.2, 0) is 0 Å². The van der Waals surface area contributed by atoms with Crippen LogP contribution in [0.5, 0.6) is 0 Å². The SMILES string of the molecule is O=c1[nH]c2ccc(C(O)c3cc(Br)c(Br)s3)cc2[nH]c1=O. The van der Waals surface area contributed by atoms with Crippen molar-refractivity contribution in [1.82, 2.24) is 9.97 Å². The molecule has 0 aliphatic heterocycles. The molecule has 0 fully saturated rings. The Hall–Kier alpha value is -1.22. The molecule has 21 heavy (non-hydrogen) atoms. The van der Waals surface area contributed by atoms with Gasteiger partial charge in [-0.15, -0.1) is 11.3 Å². The minimum atomic E-state index is -0.808. The molecule has 5 nitrogen and oxygen atoms in total. The van der Waals surface area contributed by atoms with Gasteiger partial charge in [0.15, 0.2) is 0 Å². The molecule has 3 aromatic rings. The first kappa shape index (κ1) is 14.7. The third-order valence-corrected chi connectivity index (χ3v) is 6.30. The molecular weight excluding hydrogens is 424 g/mol. The van der Waals surface area contributed by atoms with Gasteiger partial charge in [0, 0.05) is 9.35 Å². The fourth-order valence-electron chi connectivity index (χ4n) is 1.96. The lowest BCUT2D eigenvalue weighted by Crippen LogP contribution is -2.28. The van der Waals surface area contributed by atoms with Crippen molar-refractivity contribution in [2.24, 2.45) is 0 Å². The maximum Gasteiger partial charge on any atom is 0.314 e. The molecule has 3 N–H and O–H groups in total. The smallest absolute Gasteiger partial charge is 0.314 e. The first-order valence-corrected chi connectivity index (χ1v) is 8.25. The zero-order valence-electron chi connectivity index (χ0n) is 10.3. The van der Waals surface area contributed by atoms with Gasteiger partial charge in [-0.05, 0) is 55.6 Å². The fraction of sp³-hybridized carbons (Fsp3) is 0.0769. The summed E-state index contributed by atoms with van der Waals surface area (Å²) in [5, 5.41) is 10.4. The molecule has 0 aliphatic carbocycles. The van der Waals surface area contributed by atoms with Crippen LogP contribution in [0.3, 0.4) is 0 Å². The Morgan fingerprint density at radius 3 is 2.33 bits per heavy atom. The standard InChI is InChI=1S/C13H8Br2N2O3S/c14-6-4-9(21-11(6)15)10(18)5-1-2-7-8(3-5)17-13(20)12(19)16-7/h1-4,10,18H,(H,16,19)(H,17,20). The van der Waals surface area contributed by atoms with Gasteiger partial charge in [-0.3, -0.25) is 9.59 Å². The fourth-order valence-corrected chi connectivity index (χ4v) is 4.07. The van der Waals surface area contributed by atoms with Crippen LogP contribution in [0.1, 0.15) is 16.5 Å². The third kappa shape index (κ3) is 2.76. The van der Waals surface area contributed by atoms with Crippen LogP contribution >= 0.6 is 43.2 Å². The van der Waals surface area contributed by atoms with Crippen molar-refractivity contribution in [1.29, 1.82) is 0 Å². The molecule has 2 aromatic heterocycles. The molecule has 0 saturated heterocycles. The lowest BCUT2D eigenvalue weighted by molar-refractivity contribution is 0.224. The summed E-state index contributed by atoms with van der Waals surface area (Å²) >= 11 is 8.19. The van der Waals surface area contributed by atoms with E-state index >= 15 is 0 Å². The van der Waals surface area contributed by atoms with Crippen LogP contribution < -0.4 is 11.1 Å². The highest BCUT2D eigenvalue weighted by atomic mass is 79.9. The van der Waals surface area contributed by atoms with E-state index < -0.39 is 17.2 Å². The number of benzene rings is 1. The Labute approximate surface area is 138 Å². The van der Waals surface area contributed by atoms with Crippen LogP contribution in [0, 0.1) is 0 Å². The minimum absolute atomic E-state index is 0.478. The van der Waals surface area contributed by atoms with Gasteiger partial charge in [-0.25, -0.2) is 0 Å². The van der Waals surface area contributed by atoms with Crippen molar-refractivity contribution in [3.63, 3.8) is 0 Å². The average Bonchev–Trinajstić information content (AvgIpc) is 2.79. The number of aliphatic hydroxyl groups is 1. The predicted octanol–water partition coefficient (Wildman–Crippen LogP) is 2.88. The van der Waals surface area contributed by atoms with E-state index in [1.54, 1.807) is 18.2 Å². The second kappa shape index (κ2) is 5.53. The van der Waals surface area contributed by atoms with Gasteiger partial charge in [0.25, 0.3) is 0 Å². The van der Waals surface area contributed by atoms with Gasteiger partial charge >= 0.3 is 11.1 Å². The van der Waals surface area contributed by atoms with Crippen LogP contribution in [-0.4, -0.2) is 15.1 Å². The molecule has 8 heteroatoms. The van der Waals surface area contributed by atoms with E-state index in [0.717, 1.165) is 13.1 Å². The summed E-state index contributed by atoms with van der Waals surface area (Å²) in [5.41, 5.74) is 0.221. The number of fused-ring (bicyclic) bond motifs is 1. The van der Waals surface area contributed by atoms with Crippen LogP contribution in [0.4, 0.5) is 0 Å². The van der Waals surface area contributed by atoms with E-state index in [9.17, 15) is 14.7 Å². The highest BCUT2D eigenvalue weighted by Gasteiger charge is 2.16. The van der Waals surface area contributed by atoms with Crippen LogP contribution in [0.15, 0.2) is 42.1 Å². The van der Waals surface area contributed by atoms with Crippen molar-refractivity contribution in [3.8, 4) is 0 Å². The summed E-state index contributed by atoms with van der Waals surface area (Å²) in [4.78, 5) is 28.4. The summed E-state index contributed by atoms with van der Waals surface area (Å²) in [6, 6.07) is 6.85. The number of thiophene rings is 1. The quantitative estimate of drug-likeness (QED) is 0.545. The molecule has 0 saturated carbocycles. The Balaban J connectivity index is 2.10. The molecule has 0 amide bonds. The largest absolute Gasteiger partial charge is 0.383 e. The second-order valence-corrected chi connectivity index (χ2v) is 7.64. The molecule has 0 bridgehead atoms. The average molecular weight is 432 g/mol. The Kier molecular flexibility index (Phi) is 3.87. The normalized spacial score (nSPS) is 12.7. The van der Waals surface area contributed by atoms with E-state index in [0.29, 0.717) is 16.6 Å². The summed E-state index contributed by atoms with van der Waals surface area (Å²) < 4.78 is 1.77. The zero-order valence-corrected chi connectivity index (χ0v) is 14.3. The molecule has 108 valence electrons. The van der Waals surface area contributed by atoms with Crippen LogP contribution in [0.25, 0.3) is 11.0 Å². The second-order valence-electron chi connectivity index (χ2n) is 4.39. The number of hydrogen-bond acceptors (Lipinski definition) is 4. The van der Waals surface area contributed by atoms with Gasteiger partial charge in [0.1, 0.15) is 6.10 Å². The molecule has 0 spiro atoms. The topological polar surface area (TPSA) is 85.9 Å². The Morgan fingerprint density at radius 2 is 1.71 bits per heavy atom. The summed E-state index contributed by atoms with van der Waals surface area (Å²) in [7, 11) is 0. The van der Waals surface area contributed by atoms with E-state index in [1.807, 2.05) is 6.07 Å². The van der Waals surface area contributed by atoms with E-state index in [1.165, 1.54) is 11.3 Å². The lowest BCUT2D eigenvalue weighted by atomic mass is 10.1. The number of rotatable bonds is 2. The first-order valence-electron chi connectivity index (χ1n) is 5.85. The summed E-state index contributed by atoms with van der Waals surface area (Å²) in [5.74, 6) is 0. The summed E-state index contributed by atoms with van der Waals surface area (Å²) in [6.45, 7) is 0. The van der Waals surface area contributed by atoms with Crippen molar-refractivity contribution in [3.05, 3.63) is 63.7 Å². The van der Waals surface area contributed by atoms with Crippen molar-refractivity contribution < 1.29 is 5.11 Å². The zero-order chi connectivity index (χ0) is 15.1. The first-order chi connectivity index (χ1) is 9.95. The van der Waals surface area contributed by atoms with Crippen LogP contribution in [0.2, 0.25) is 0 Å². The molecule has 2 heterocycles. The van der Waals surface area contributed by atoms with E-state index in [4.69, 9.17) is 0 Å². The lowest BCUT2D eigenvalue weighted by Gasteiger charge is -2.09. The van der Waals surface area contributed by atoms with E-state index in [2.05, 4.69) is 41.8 Å². The van der Waals surface area contributed by atoms with Crippen molar-refractivity contribution >= 4 is 54.2 Å². The maximum absolute atomic E-state index is 11.4. The van der Waals surface area contributed by atoms with E-state index in [-0.39, 0.29) is 0 Å². The Morgan fingerprint density at radius 1 is 1.05 bits per heavy atom. The number of halogens is 2. The number of aromatic nitrogens is 2. The third-order valence-electron chi connectivity index (χ3n) is 3.00. The molecule has 3 rings (SSSR count). The minimum Gasteiger partial charge on any atom is -0.383 e. The van der Waals surface area contributed by atoms with Gasteiger partial charge in [-0.1, -0.05) is 6.07 Å². The van der Waals surface area contributed by atoms with Gasteiger partial charge < -0.3 is 15.1 Å². The maximum atomic E-state index is 11.4. The molecule has 0 radical (unpaired) electrons. The van der Waals surface area contributed by atoms with Crippen molar-refractivity contribution in [2.45, 2.75) is 6.10 Å². The number of nitrogens with one attached hydrogen (secondary N) is 2. The highest BCUT2D eigenvalue weighted by Crippen LogP contribution is 2.37. The number of H-pyrrole nitrogens is 2. The monoisotopic (exact) mass is 430 g/mol. The molecular formula is C13H8Br2N2O3S. The summed E-state index contributed by atoms with van der Waals surface area (Å²) in [6.07, 6.45) is -0.808. The molecule has 0 aliphatic rings. The van der Waals surface area contributed by atoms with Gasteiger partial charge in [0.2, 0.25) is 0 Å². The highest BCUT2D eigenvalue weighted by molar-refractivity contribution is 9.13. The van der Waals surface area contributed by atoms with Crippen molar-refractivity contribution in [2.75, 3.05) is 0 Å². The number of aromatic amines is 2. The number of aliphatic hydroxyl groups excluding tert-OH is 1. The molecule has 1 unspecified atom stereocenters. The molecule has 1 aromatic carbocycles. The van der Waals surface area contributed by atoms with Gasteiger partial charge in [0.05, 0.1) is 14.8 Å².